The van der Waals surface area contributed by atoms with Crippen molar-refractivity contribution in [3.63, 3.8) is 0 Å². The SMILES string of the molecule is CCn1c(=O)c2c(nc(NC)n2CC)n(C)c1=O. The highest BCUT2D eigenvalue weighted by molar-refractivity contribution is 5.74. The Labute approximate surface area is 104 Å². The van der Waals surface area contributed by atoms with Gasteiger partial charge in [0, 0.05) is 27.2 Å². The van der Waals surface area contributed by atoms with Crippen LogP contribution in [0.1, 0.15) is 13.8 Å². The van der Waals surface area contributed by atoms with Crippen LogP contribution in [0.15, 0.2) is 9.59 Å². The Morgan fingerprint density at radius 1 is 1.17 bits per heavy atom. The van der Waals surface area contributed by atoms with Crippen LogP contribution in [0, 0.1) is 0 Å². The number of nitrogens with one attached hydrogen (secondary N) is 1. The van der Waals surface area contributed by atoms with Crippen molar-refractivity contribution in [2.24, 2.45) is 7.05 Å². The van der Waals surface area contributed by atoms with E-state index in [1.165, 1.54) is 9.13 Å². The van der Waals surface area contributed by atoms with Crippen molar-refractivity contribution in [2.75, 3.05) is 12.4 Å². The second-order valence-electron chi connectivity index (χ2n) is 3.99. The Morgan fingerprint density at radius 2 is 1.78 bits per heavy atom. The molecule has 7 heteroatoms. The zero-order chi connectivity index (χ0) is 13.4. The molecular formula is C11H17N5O2. The zero-order valence-electron chi connectivity index (χ0n) is 11.0. The molecule has 7 nitrogen and oxygen atoms in total. The number of aromatic nitrogens is 4. The quantitative estimate of drug-likeness (QED) is 0.832. The van der Waals surface area contributed by atoms with E-state index in [0.29, 0.717) is 30.2 Å². The first-order chi connectivity index (χ1) is 8.56. The van der Waals surface area contributed by atoms with E-state index in [0.717, 1.165) is 0 Å². The van der Waals surface area contributed by atoms with Crippen LogP contribution in [-0.2, 0) is 20.1 Å². The third-order valence-electron chi connectivity index (χ3n) is 3.09. The number of fused-ring (bicyclic) bond motifs is 1. The average Bonchev–Trinajstić information content (AvgIpc) is 2.75. The van der Waals surface area contributed by atoms with Gasteiger partial charge in [0.1, 0.15) is 0 Å². The minimum absolute atomic E-state index is 0.286. The molecule has 2 aromatic rings. The van der Waals surface area contributed by atoms with E-state index in [2.05, 4.69) is 10.3 Å². The van der Waals surface area contributed by atoms with Crippen molar-refractivity contribution in [3.8, 4) is 0 Å². The van der Waals surface area contributed by atoms with Crippen LogP contribution < -0.4 is 16.6 Å². The van der Waals surface area contributed by atoms with E-state index in [4.69, 9.17) is 0 Å². The van der Waals surface area contributed by atoms with E-state index in [9.17, 15) is 9.59 Å². The first-order valence-corrected chi connectivity index (χ1v) is 5.94. The number of aryl methyl sites for hydroxylation is 2. The van der Waals surface area contributed by atoms with Crippen LogP contribution in [0.5, 0.6) is 0 Å². The summed E-state index contributed by atoms with van der Waals surface area (Å²) in [5, 5.41) is 2.94. The molecule has 18 heavy (non-hydrogen) atoms. The van der Waals surface area contributed by atoms with E-state index < -0.39 is 0 Å². The first kappa shape index (κ1) is 12.4. The highest BCUT2D eigenvalue weighted by Gasteiger charge is 2.17. The molecule has 98 valence electrons. The summed E-state index contributed by atoms with van der Waals surface area (Å²) in [6, 6.07) is 0. The van der Waals surface area contributed by atoms with Gasteiger partial charge in [-0.05, 0) is 13.8 Å². The maximum atomic E-state index is 12.3. The molecule has 0 aromatic carbocycles. The van der Waals surface area contributed by atoms with Crippen LogP contribution in [0.2, 0.25) is 0 Å². The minimum Gasteiger partial charge on any atom is -0.359 e. The predicted molar refractivity (Wildman–Crippen MR) is 70.1 cm³/mol. The predicted octanol–water partition coefficient (Wildman–Crippen LogP) is -0.0218. The molecule has 0 radical (unpaired) electrons. The lowest BCUT2D eigenvalue weighted by Gasteiger charge is -2.07. The first-order valence-electron chi connectivity index (χ1n) is 5.94. The lowest BCUT2D eigenvalue weighted by molar-refractivity contribution is 0.633. The van der Waals surface area contributed by atoms with Gasteiger partial charge in [0.15, 0.2) is 11.2 Å². The van der Waals surface area contributed by atoms with Gasteiger partial charge in [-0.15, -0.1) is 0 Å². The van der Waals surface area contributed by atoms with Gasteiger partial charge in [-0.1, -0.05) is 0 Å². The average molecular weight is 251 g/mol. The van der Waals surface area contributed by atoms with Crippen molar-refractivity contribution in [2.45, 2.75) is 26.9 Å². The Hall–Kier alpha value is -2.05. The highest BCUT2D eigenvalue weighted by Crippen LogP contribution is 2.14. The topological polar surface area (TPSA) is 73.8 Å². The van der Waals surface area contributed by atoms with Crippen molar-refractivity contribution in [1.82, 2.24) is 18.7 Å². The largest absolute Gasteiger partial charge is 0.359 e. The molecule has 0 saturated carbocycles. The van der Waals surface area contributed by atoms with Crippen LogP contribution in [0.4, 0.5) is 5.95 Å². The van der Waals surface area contributed by atoms with Crippen molar-refractivity contribution >= 4 is 17.1 Å². The summed E-state index contributed by atoms with van der Waals surface area (Å²) in [6.07, 6.45) is 0. The smallest absolute Gasteiger partial charge is 0.332 e. The number of hydrogen-bond donors (Lipinski definition) is 1. The molecule has 0 atom stereocenters. The summed E-state index contributed by atoms with van der Waals surface area (Å²) < 4.78 is 4.41. The molecule has 0 spiro atoms. The van der Waals surface area contributed by atoms with E-state index in [1.807, 2.05) is 6.92 Å². The molecule has 0 bridgehead atoms. The molecular weight excluding hydrogens is 234 g/mol. The molecule has 0 aliphatic carbocycles. The van der Waals surface area contributed by atoms with Gasteiger partial charge >= 0.3 is 5.69 Å². The summed E-state index contributed by atoms with van der Waals surface area (Å²) in [7, 11) is 3.37. The molecule has 2 rings (SSSR count). The van der Waals surface area contributed by atoms with E-state index in [1.54, 1.807) is 25.6 Å². The van der Waals surface area contributed by atoms with Crippen molar-refractivity contribution in [3.05, 3.63) is 20.8 Å². The van der Waals surface area contributed by atoms with Gasteiger partial charge in [-0.3, -0.25) is 13.9 Å². The second kappa shape index (κ2) is 4.32. The summed E-state index contributed by atoms with van der Waals surface area (Å²) in [5.41, 5.74) is 0.261. The fraction of sp³-hybridized carbons (Fsp3) is 0.545. The molecule has 0 unspecified atom stereocenters. The third-order valence-corrected chi connectivity index (χ3v) is 3.09. The van der Waals surface area contributed by atoms with Gasteiger partial charge in [0.2, 0.25) is 5.95 Å². The monoisotopic (exact) mass is 251 g/mol. The molecule has 0 fully saturated rings. The van der Waals surface area contributed by atoms with Crippen molar-refractivity contribution < 1.29 is 0 Å². The van der Waals surface area contributed by atoms with E-state index >= 15 is 0 Å². The highest BCUT2D eigenvalue weighted by atomic mass is 16.2. The zero-order valence-corrected chi connectivity index (χ0v) is 11.0. The van der Waals surface area contributed by atoms with Gasteiger partial charge < -0.3 is 9.88 Å². The number of hydrogen-bond acceptors (Lipinski definition) is 4. The molecule has 2 aromatic heterocycles. The Balaban J connectivity index is 3.06. The fourth-order valence-electron chi connectivity index (χ4n) is 2.15. The number of anilines is 1. The third kappa shape index (κ3) is 1.47. The van der Waals surface area contributed by atoms with Crippen LogP contribution in [-0.4, -0.2) is 25.7 Å². The summed E-state index contributed by atoms with van der Waals surface area (Å²) in [6.45, 7) is 4.68. The Bertz CT molecular complexity index is 707. The van der Waals surface area contributed by atoms with Crippen LogP contribution in [0.25, 0.3) is 11.2 Å². The summed E-state index contributed by atoms with van der Waals surface area (Å²) >= 11 is 0. The molecule has 2 heterocycles. The number of imidazole rings is 1. The molecule has 0 aliphatic rings. The van der Waals surface area contributed by atoms with Gasteiger partial charge in [-0.2, -0.15) is 4.98 Å². The van der Waals surface area contributed by atoms with Gasteiger partial charge in [-0.25, -0.2) is 4.79 Å². The maximum Gasteiger partial charge on any atom is 0.332 e. The number of rotatable bonds is 3. The summed E-state index contributed by atoms with van der Waals surface area (Å²) in [4.78, 5) is 28.6. The van der Waals surface area contributed by atoms with Crippen LogP contribution in [0.3, 0.4) is 0 Å². The van der Waals surface area contributed by atoms with Crippen molar-refractivity contribution in [1.29, 1.82) is 0 Å². The van der Waals surface area contributed by atoms with E-state index in [-0.39, 0.29) is 11.2 Å². The van der Waals surface area contributed by atoms with Gasteiger partial charge in [0.05, 0.1) is 0 Å². The summed E-state index contributed by atoms with van der Waals surface area (Å²) in [5.74, 6) is 0.591. The van der Waals surface area contributed by atoms with Crippen LogP contribution >= 0.6 is 0 Å². The molecule has 1 N–H and O–H groups in total. The molecule has 0 amide bonds. The Morgan fingerprint density at radius 3 is 2.28 bits per heavy atom. The number of nitrogens with zero attached hydrogens (tertiary/aromatic N) is 4. The van der Waals surface area contributed by atoms with Gasteiger partial charge in [0.25, 0.3) is 5.56 Å². The standard InChI is InChI=1S/C11H17N5O2/c1-5-15-7-8(13-10(15)12-3)14(4)11(18)16(6-2)9(7)17/h5-6H2,1-4H3,(H,12,13). The normalized spacial score (nSPS) is 11.1. The molecule has 0 aliphatic heterocycles. The lowest BCUT2D eigenvalue weighted by atomic mass is 10.4. The lowest BCUT2D eigenvalue weighted by Crippen LogP contribution is -2.39. The molecule has 0 saturated heterocycles. The second-order valence-corrected chi connectivity index (χ2v) is 3.99. The maximum absolute atomic E-state index is 12.3. The minimum atomic E-state index is -0.335. The Kier molecular flexibility index (Phi) is 2.98. The fourth-order valence-corrected chi connectivity index (χ4v) is 2.15.